The number of fused-ring (bicyclic) bond motifs is 1. The molecule has 23 heavy (non-hydrogen) atoms. The summed E-state index contributed by atoms with van der Waals surface area (Å²) in [4.78, 5) is 0. The molecule has 0 bridgehead atoms. The molecule has 0 spiro atoms. The maximum absolute atomic E-state index is 9.67. The molecule has 0 fully saturated rings. The van der Waals surface area contributed by atoms with Gasteiger partial charge in [0, 0.05) is 21.7 Å². The van der Waals surface area contributed by atoms with Crippen molar-refractivity contribution in [3.05, 3.63) is 63.5 Å². The zero-order valence-electron chi connectivity index (χ0n) is 12.2. The minimum Gasteiger partial charge on any atom is -0.508 e. The normalized spacial score (nSPS) is 16.3. The molecular formula is C17H13BrN2O3. The molecule has 0 amide bonds. The van der Waals surface area contributed by atoms with Crippen molar-refractivity contribution in [2.45, 2.75) is 5.92 Å². The SMILES string of the molecule is COc1ccc(Br)cc1[C@@H]1C(C#N)=C(N)Oc2cc(O)ccc21. The fourth-order valence-corrected chi connectivity index (χ4v) is 3.07. The Balaban J connectivity index is 2.29. The predicted molar refractivity (Wildman–Crippen MR) is 88.1 cm³/mol. The summed E-state index contributed by atoms with van der Waals surface area (Å²) >= 11 is 3.44. The van der Waals surface area contributed by atoms with Gasteiger partial charge in [-0.05, 0) is 24.3 Å². The molecule has 116 valence electrons. The minimum atomic E-state index is -0.434. The van der Waals surface area contributed by atoms with Crippen molar-refractivity contribution in [3.8, 4) is 23.3 Å². The Bertz CT molecular complexity index is 855. The van der Waals surface area contributed by atoms with E-state index in [9.17, 15) is 10.4 Å². The Morgan fingerprint density at radius 3 is 2.74 bits per heavy atom. The molecule has 0 radical (unpaired) electrons. The number of hydrogen-bond donors (Lipinski definition) is 2. The van der Waals surface area contributed by atoms with Crippen molar-refractivity contribution in [3.63, 3.8) is 0 Å². The van der Waals surface area contributed by atoms with E-state index in [2.05, 4.69) is 22.0 Å². The maximum atomic E-state index is 9.67. The van der Waals surface area contributed by atoms with Crippen LogP contribution in [-0.2, 0) is 0 Å². The monoisotopic (exact) mass is 372 g/mol. The van der Waals surface area contributed by atoms with Crippen molar-refractivity contribution in [2.75, 3.05) is 7.11 Å². The fourth-order valence-electron chi connectivity index (χ4n) is 2.69. The number of allylic oxidation sites excluding steroid dienone is 1. The maximum Gasteiger partial charge on any atom is 0.205 e. The third kappa shape index (κ3) is 2.60. The first-order chi connectivity index (χ1) is 11.0. The smallest absolute Gasteiger partial charge is 0.205 e. The Kier molecular flexibility index (Phi) is 3.89. The van der Waals surface area contributed by atoms with Crippen LogP contribution >= 0.6 is 15.9 Å². The van der Waals surface area contributed by atoms with Crippen LogP contribution in [0.3, 0.4) is 0 Å². The molecule has 1 atom stereocenters. The lowest BCUT2D eigenvalue weighted by Gasteiger charge is -2.27. The summed E-state index contributed by atoms with van der Waals surface area (Å²) < 4.78 is 11.8. The summed E-state index contributed by atoms with van der Waals surface area (Å²) in [5.41, 5.74) is 7.75. The molecule has 3 rings (SSSR count). The number of rotatable bonds is 2. The highest BCUT2D eigenvalue weighted by molar-refractivity contribution is 9.10. The number of nitriles is 1. The molecule has 2 aromatic rings. The van der Waals surface area contributed by atoms with Crippen molar-refractivity contribution in [1.82, 2.24) is 0 Å². The number of benzene rings is 2. The summed E-state index contributed by atoms with van der Waals surface area (Å²) in [6, 6.07) is 12.4. The van der Waals surface area contributed by atoms with Gasteiger partial charge in [0.2, 0.25) is 5.88 Å². The number of methoxy groups -OCH3 is 1. The summed E-state index contributed by atoms with van der Waals surface area (Å²) in [6.45, 7) is 0. The van der Waals surface area contributed by atoms with E-state index in [4.69, 9.17) is 15.2 Å². The number of nitrogens with zero attached hydrogens (tertiary/aromatic N) is 1. The van der Waals surface area contributed by atoms with Crippen LogP contribution in [0.2, 0.25) is 0 Å². The zero-order valence-corrected chi connectivity index (χ0v) is 13.8. The van der Waals surface area contributed by atoms with E-state index in [0.29, 0.717) is 17.1 Å². The highest BCUT2D eigenvalue weighted by atomic mass is 79.9. The molecule has 3 N–H and O–H groups in total. The van der Waals surface area contributed by atoms with Crippen LogP contribution in [0.4, 0.5) is 0 Å². The third-order valence-electron chi connectivity index (χ3n) is 3.71. The summed E-state index contributed by atoms with van der Waals surface area (Å²) in [5.74, 6) is 0.722. The van der Waals surface area contributed by atoms with Gasteiger partial charge in [-0.3, -0.25) is 0 Å². The van der Waals surface area contributed by atoms with E-state index >= 15 is 0 Å². The average Bonchev–Trinajstić information content (AvgIpc) is 2.53. The third-order valence-corrected chi connectivity index (χ3v) is 4.20. The second-order valence-corrected chi connectivity index (χ2v) is 5.95. The molecule has 6 heteroatoms. The second-order valence-electron chi connectivity index (χ2n) is 5.03. The number of phenols is 1. The number of aromatic hydroxyl groups is 1. The van der Waals surface area contributed by atoms with Crippen molar-refractivity contribution >= 4 is 15.9 Å². The van der Waals surface area contributed by atoms with Crippen LogP contribution in [-0.4, -0.2) is 12.2 Å². The lowest BCUT2D eigenvalue weighted by Crippen LogP contribution is -2.21. The second kappa shape index (κ2) is 5.86. The van der Waals surface area contributed by atoms with Gasteiger partial charge in [0.15, 0.2) is 0 Å². The van der Waals surface area contributed by atoms with Gasteiger partial charge in [0.05, 0.1) is 13.0 Å². The molecule has 0 unspecified atom stereocenters. The van der Waals surface area contributed by atoms with E-state index < -0.39 is 5.92 Å². The number of phenolic OH excluding ortho intramolecular Hbond substituents is 1. The highest BCUT2D eigenvalue weighted by Crippen LogP contribution is 2.46. The first kappa shape index (κ1) is 15.3. The minimum absolute atomic E-state index is 0.0256. The molecule has 0 aliphatic carbocycles. The lowest BCUT2D eigenvalue weighted by atomic mass is 9.83. The molecule has 1 aliphatic rings. The summed E-state index contributed by atoms with van der Waals surface area (Å²) in [6.07, 6.45) is 0. The standard InChI is InChI=1S/C17H13BrN2O3/c1-22-14-5-2-9(18)6-12(14)16-11-4-3-10(21)7-15(11)23-17(20)13(16)8-19/h2-7,16,21H,20H2,1H3/t16-/m1/s1. The largest absolute Gasteiger partial charge is 0.508 e. The van der Waals surface area contributed by atoms with E-state index in [0.717, 1.165) is 15.6 Å². The molecule has 1 aliphatic heterocycles. The Morgan fingerprint density at radius 2 is 2.04 bits per heavy atom. The summed E-state index contributed by atoms with van der Waals surface area (Å²) in [5, 5.41) is 19.2. The Hall–Kier alpha value is -2.65. The molecule has 1 heterocycles. The molecular weight excluding hydrogens is 360 g/mol. The summed E-state index contributed by atoms with van der Waals surface area (Å²) in [7, 11) is 1.57. The number of hydrogen-bond acceptors (Lipinski definition) is 5. The van der Waals surface area contributed by atoms with Crippen LogP contribution < -0.4 is 15.2 Å². The Morgan fingerprint density at radius 1 is 1.26 bits per heavy atom. The zero-order chi connectivity index (χ0) is 16.6. The average molecular weight is 373 g/mol. The number of ether oxygens (including phenoxy) is 2. The van der Waals surface area contributed by atoms with Crippen LogP contribution in [0.25, 0.3) is 0 Å². The van der Waals surface area contributed by atoms with Crippen LogP contribution in [0, 0.1) is 11.3 Å². The van der Waals surface area contributed by atoms with Gasteiger partial charge in [0.1, 0.15) is 28.9 Å². The van der Waals surface area contributed by atoms with Gasteiger partial charge in [-0.2, -0.15) is 5.26 Å². The van der Waals surface area contributed by atoms with Gasteiger partial charge < -0.3 is 20.3 Å². The van der Waals surface area contributed by atoms with Gasteiger partial charge in [-0.1, -0.05) is 22.0 Å². The predicted octanol–water partition coefficient (Wildman–Crippen LogP) is 3.38. The van der Waals surface area contributed by atoms with Crippen LogP contribution in [0.5, 0.6) is 17.2 Å². The molecule has 0 saturated heterocycles. The van der Waals surface area contributed by atoms with Crippen molar-refractivity contribution in [2.24, 2.45) is 5.73 Å². The highest BCUT2D eigenvalue weighted by Gasteiger charge is 2.32. The van der Waals surface area contributed by atoms with E-state index in [1.165, 1.54) is 6.07 Å². The van der Waals surface area contributed by atoms with Gasteiger partial charge >= 0.3 is 0 Å². The topological polar surface area (TPSA) is 88.5 Å². The quantitative estimate of drug-likeness (QED) is 0.843. The fraction of sp³-hybridized carbons (Fsp3) is 0.118. The van der Waals surface area contributed by atoms with E-state index in [1.807, 2.05) is 18.2 Å². The lowest BCUT2D eigenvalue weighted by molar-refractivity contribution is 0.383. The van der Waals surface area contributed by atoms with Gasteiger partial charge in [-0.15, -0.1) is 0 Å². The van der Waals surface area contributed by atoms with Crippen molar-refractivity contribution < 1.29 is 14.6 Å². The van der Waals surface area contributed by atoms with Gasteiger partial charge in [0.25, 0.3) is 0 Å². The van der Waals surface area contributed by atoms with Crippen molar-refractivity contribution in [1.29, 1.82) is 5.26 Å². The van der Waals surface area contributed by atoms with Crippen LogP contribution in [0.1, 0.15) is 17.0 Å². The molecule has 0 saturated carbocycles. The van der Waals surface area contributed by atoms with Gasteiger partial charge in [-0.25, -0.2) is 0 Å². The molecule has 2 aromatic carbocycles. The van der Waals surface area contributed by atoms with E-state index in [-0.39, 0.29) is 11.6 Å². The molecule has 0 aromatic heterocycles. The first-order valence-corrected chi connectivity index (χ1v) is 7.58. The Labute approximate surface area is 141 Å². The van der Waals surface area contributed by atoms with E-state index in [1.54, 1.807) is 19.2 Å². The number of halogens is 1. The van der Waals surface area contributed by atoms with Crippen LogP contribution in [0.15, 0.2) is 52.3 Å². The first-order valence-electron chi connectivity index (χ1n) is 6.79. The molecule has 5 nitrogen and oxygen atoms in total. The number of nitrogens with two attached hydrogens (primary N) is 1.